The Bertz CT molecular complexity index is 327. The minimum absolute atomic E-state index is 0.517. The van der Waals surface area contributed by atoms with Crippen molar-refractivity contribution >= 4 is 0 Å². The summed E-state index contributed by atoms with van der Waals surface area (Å²) >= 11 is 0. The zero-order valence-corrected chi connectivity index (χ0v) is 10.3. The van der Waals surface area contributed by atoms with Gasteiger partial charge in [0.1, 0.15) is 5.75 Å². The molecule has 1 aliphatic rings. The van der Waals surface area contributed by atoms with Gasteiger partial charge in [-0.2, -0.15) is 0 Å². The summed E-state index contributed by atoms with van der Waals surface area (Å²) in [5.74, 6) is 0.944. The van der Waals surface area contributed by atoms with Gasteiger partial charge in [-0.15, -0.1) is 0 Å². The van der Waals surface area contributed by atoms with Crippen molar-refractivity contribution in [2.75, 3.05) is 20.7 Å². The van der Waals surface area contributed by atoms with Gasteiger partial charge >= 0.3 is 0 Å². The van der Waals surface area contributed by atoms with E-state index in [0.717, 1.165) is 12.3 Å². The molecule has 1 saturated carbocycles. The maximum absolute atomic E-state index is 5.17. The first-order chi connectivity index (χ1) is 7.78. The monoisotopic (exact) mass is 219 g/mol. The van der Waals surface area contributed by atoms with E-state index in [4.69, 9.17) is 4.74 Å². The van der Waals surface area contributed by atoms with Crippen LogP contribution in [0, 0.1) is 5.41 Å². The normalized spacial score (nSPS) is 17.9. The van der Waals surface area contributed by atoms with Crippen molar-refractivity contribution < 1.29 is 4.74 Å². The number of hydrogen-bond acceptors (Lipinski definition) is 2. The van der Waals surface area contributed by atoms with Crippen LogP contribution in [0.25, 0.3) is 0 Å². The van der Waals surface area contributed by atoms with Gasteiger partial charge in [0.2, 0.25) is 0 Å². The number of nitrogens with one attached hydrogen (secondary N) is 1. The lowest BCUT2D eigenvalue weighted by molar-refractivity contribution is 0.133. The highest BCUT2D eigenvalue weighted by Gasteiger charge is 2.36. The van der Waals surface area contributed by atoms with Crippen molar-refractivity contribution in [1.82, 2.24) is 5.32 Å². The lowest BCUT2D eigenvalue weighted by atomic mass is 9.65. The number of methoxy groups -OCH3 is 1. The molecule has 16 heavy (non-hydrogen) atoms. The summed E-state index contributed by atoms with van der Waals surface area (Å²) < 4.78 is 5.17. The van der Waals surface area contributed by atoms with Gasteiger partial charge in [0.15, 0.2) is 0 Å². The van der Waals surface area contributed by atoms with Gasteiger partial charge in [0, 0.05) is 6.54 Å². The smallest absolute Gasteiger partial charge is 0.118 e. The first kappa shape index (κ1) is 11.5. The molecule has 2 heteroatoms. The molecule has 1 N–H and O–H groups in total. The molecule has 0 atom stereocenters. The maximum Gasteiger partial charge on any atom is 0.118 e. The summed E-state index contributed by atoms with van der Waals surface area (Å²) in [6, 6.07) is 8.49. The van der Waals surface area contributed by atoms with Crippen LogP contribution >= 0.6 is 0 Å². The summed E-state index contributed by atoms with van der Waals surface area (Å²) in [5, 5.41) is 3.33. The van der Waals surface area contributed by atoms with Crippen LogP contribution in [0.15, 0.2) is 24.3 Å². The third kappa shape index (κ3) is 2.38. The Balaban J connectivity index is 2.01. The van der Waals surface area contributed by atoms with Crippen molar-refractivity contribution in [3.05, 3.63) is 29.8 Å². The van der Waals surface area contributed by atoms with Gasteiger partial charge in [-0.1, -0.05) is 18.6 Å². The van der Waals surface area contributed by atoms with E-state index in [1.165, 1.54) is 31.2 Å². The van der Waals surface area contributed by atoms with Crippen LogP contribution in [0.4, 0.5) is 0 Å². The number of hydrogen-bond donors (Lipinski definition) is 1. The van der Waals surface area contributed by atoms with E-state index in [1.54, 1.807) is 7.11 Å². The predicted molar refractivity (Wildman–Crippen MR) is 66.9 cm³/mol. The molecule has 0 amide bonds. The molecule has 2 rings (SSSR count). The lowest BCUT2D eigenvalue weighted by Gasteiger charge is -2.42. The quantitative estimate of drug-likeness (QED) is 0.822. The lowest BCUT2D eigenvalue weighted by Crippen LogP contribution is -2.40. The zero-order valence-electron chi connectivity index (χ0n) is 10.3. The second-order valence-electron chi connectivity index (χ2n) is 4.91. The summed E-state index contributed by atoms with van der Waals surface area (Å²) in [4.78, 5) is 0. The zero-order chi connectivity index (χ0) is 11.4. The molecule has 1 fully saturated rings. The van der Waals surface area contributed by atoms with Gasteiger partial charge < -0.3 is 10.1 Å². The minimum Gasteiger partial charge on any atom is -0.497 e. The third-order valence-electron chi connectivity index (χ3n) is 3.70. The van der Waals surface area contributed by atoms with Crippen molar-refractivity contribution in [3.63, 3.8) is 0 Å². The molecule has 0 bridgehead atoms. The first-order valence-electron chi connectivity index (χ1n) is 6.06. The summed E-state index contributed by atoms with van der Waals surface area (Å²) in [6.07, 6.45) is 5.30. The van der Waals surface area contributed by atoms with E-state index in [0.29, 0.717) is 5.41 Å². The second-order valence-corrected chi connectivity index (χ2v) is 4.91. The first-order valence-corrected chi connectivity index (χ1v) is 6.06. The molecule has 0 aliphatic heterocycles. The molecule has 0 spiro atoms. The molecule has 88 valence electrons. The number of rotatable bonds is 5. The van der Waals surface area contributed by atoms with E-state index in [9.17, 15) is 0 Å². The van der Waals surface area contributed by atoms with Crippen LogP contribution in [0.1, 0.15) is 24.8 Å². The highest BCUT2D eigenvalue weighted by Crippen LogP contribution is 2.43. The van der Waals surface area contributed by atoms with Gasteiger partial charge in [-0.25, -0.2) is 0 Å². The predicted octanol–water partition coefficient (Wildman–Crippen LogP) is 2.63. The minimum atomic E-state index is 0.517. The Hall–Kier alpha value is -1.02. The fourth-order valence-electron chi connectivity index (χ4n) is 2.64. The molecule has 0 unspecified atom stereocenters. The van der Waals surface area contributed by atoms with Crippen molar-refractivity contribution in [3.8, 4) is 5.75 Å². The molecule has 0 heterocycles. The number of benzene rings is 1. The van der Waals surface area contributed by atoms with E-state index in [2.05, 4.69) is 29.6 Å². The van der Waals surface area contributed by atoms with Crippen LogP contribution in [0.5, 0.6) is 5.75 Å². The largest absolute Gasteiger partial charge is 0.497 e. The SMILES string of the molecule is CNCC1(Cc2ccc(OC)cc2)CCC1. The van der Waals surface area contributed by atoms with E-state index < -0.39 is 0 Å². The fraction of sp³-hybridized carbons (Fsp3) is 0.571. The summed E-state index contributed by atoms with van der Waals surface area (Å²) in [6.45, 7) is 1.14. The fourth-order valence-corrected chi connectivity index (χ4v) is 2.64. The second kappa shape index (κ2) is 4.88. The van der Waals surface area contributed by atoms with Crippen molar-refractivity contribution in [1.29, 1.82) is 0 Å². The molecule has 2 nitrogen and oxygen atoms in total. The van der Waals surface area contributed by atoms with E-state index >= 15 is 0 Å². The molecule has 1 aromatic carbocycles. The highest BCUT2D eigenvalue weighted by molar-refractivity contribution is 5.28. The Labute approximate surface area is 98.0 Å². The Kier molecular flexibility index (Phi) is 3.49. The van der Waals surface area contributed by atoms with E-state index in [-0.39, 0.29) is 0 Å². The third-order valence-corrected chi connectivity index (χ3v) is 3.70. The molecule has 0 aromatic heterocycles. The van der Waals surface area contributed by atoms with Gasteiger partial charge in [-0.3, -0.25) is 0 Å². The van der Waals surface area contributed by atoms with Crippen LogP contribution in [-0.4, -0.2) is 20.7 Å². The Morgan fingerprint density at radius 2 is 1.94 bits per heavy atom. The van der Waals surface area contributed by atoms with Crippen LogP contribution in [0.2, 0.25) is 0 Å². The molecule has 1 aliphatic carbocycles. The highest BCUT2D eigenvalue weighted by atomic mass is 16.5. The summed E-state index contributed by atoms with van der Waals surface area (Å²) in [5.41, 5.74) is 1.94. The Morgan fingerprint density at radius 1 is 1.25 bits per heavy atom. The molecule has 1 aromatic rings. The Morgan fingerprint density at radius 3 is 2.38 bits per heavy atom. The van der Waals surface area contributed by atoms with Gasteiger partial charge in [0.05, 0.1) is 7.11 Å². The molecular weight excluding hydrogens is 198 g/mol. The average Bonchev–Trinajstić information content (AvgIpc) is 2.27. The molecular formula is C14H21NO. The standard InChI is InChI=1S/C14H21NO/c1-15-11-14(8-3-9-14)10-12-4-6-13(16-2)7-5-12/h4-7,15H,3,8-11H2,1-2H3. The van der Waals surface area contributed by atoms with Gasteiger partial charge in [0.25, 0.3) is 0 Å². The maximum atomic E-state index is 5.17. The topological polar surface area (TPSA) is 21.3 Å². The molecule has 0 radical (unpaired) electrons. The summed E-state index contributed by atoms with van der Waals surface area (Å²) in [7, 11) is 3.76. The van der Waals surface area contributed by atoms with Gasteiger partial charge in [-0.05, 0) is 49.4 Å². The average molecular weight is 219 g/mol. The number of ether oxygens (including phenoxy) is 1. The molecule has 0 saturated heterocycles. The van der Waals surface area contributed by atoms with Crippen LogP contribution in [-0.2, 0) is 6.42 Å². The van der Waals surface area contributed by atoms with Crippen LogP contribution < -0.4 is 10.1 Å². The van der Waals surface area contributed by atoms with Crippen molar-refractivity contribution in [2.24, 2.45) is 5.41 Å². The van der Waals surface area contributed by atoms with Crippen molar-refractivity contribution in [2.45, 2.75) is 25.7 Å². The van der Waals surface area contributed by atoms with E-state index in [1.807, 2.05) is 7.05 Å². The van der Waals surface area contributed by atoms with Crippen LogP contribution in [0.3, 0.4) is 0 Å².